The zero-order valence-corrected chi connectivity index (χ0v) is 13.0. The van der Waals surface area contributed by atoms with Gasteiger partial charge in [0.25, 0.3) is 0 Å². The van der Waals surface area contributed by atoms with Crippen molar-refractivity contribution in [3.05, 3.63) is 74.0 Å². The highest BCUT2D eigenvalue weighted by Crippen LogP contribution is 2.21. The number of nitro benzene ring substituents is 1. The normalized spacial score (nSPS) is 10.9. The zero-order valence-electron chi connectivity index (χ0n) is 11.4. The summed E-state index contributed by atoms with van der Waals surface area (Å²) in [5, 5.41) is 10.7. The Balaban J connectivity index is 2.09. The van der Waals surface area contributed by atoms with Crippen LogP contribution < -0.4 is 0 Å². The molecule has 6 heteroatoms. The topological polar surface area (TPSA) is 46.4 Å². The van der Waals surface area contributed by atoms with E-state index in [4.69, 9.17) is 0 Å². The molecule has 21 heavy (non-hydrogen) atoms. The molecule has 0 atom stereocenters. The molecule has 110 valence electrons. The summed E-state index contributed by atoms with van der Waals surface area (Å²) in [6.45, 7) is 0.943. The molecule has 0 saturated carbocycles. The Labute approximate surface area is 130 Å². The molecule has 0 aliphatic rings. The van der Waals surface area contributed by atoms with Crippen LogP contribution in [0.25, 0.3) is 0 Å². The van der Waals surface area contributed by atoms with Crippen molar-refractivity contribution in [1.82, 2.24) is 4.90 Å². The number of hydrogen-bond acceptors (Lipinski definition) is 3. The standard InChI is InChI=1S/C15H14BrFN2O2/c1-18(9-11-5-7-13(16)8-6-11)10-12-3-2-4-14(15(12)17)19(20)21/h2-8H,9-10H2,1H3. The summed E-state index contributed by atoms with van der Waals surface area (Å²) in [5.41, 5.74) is 0.930. The van der Waals surface area contributed by atoms with Crippen LogP contribution >= 0.6 is 15.9 Å². The van der Waals surface area contributed by atoms with Crippen molar-refractivity contribution in [3.8, 4) is 0 Å². The average molecular weight is 353 g/mol. The number of hydrogen-bond donors (Lipinski definition) is 0. The van der Waals surface area contributed by atoms with Gasteiger partial charge in [-0.15, -0.1) is 0 Å². The van der Waals surface area contributed by atoms with Crippen LogP contribution in [0.5, 0.6) is 0 Å². The van der Waals surface area contributed by atoms with E-state index in [1.54, 1.807) is 6.07 Å². The van der Waals surface area contributed by atoms with Crippen molar-refractivity contribution in [1.29, 1.82) is 0 Å². The maximum absolute atomic E-state index is 14.0. The molecule has 0 amide bonds. The summed E-state index contributed by atoms with van der Waals surface area (Å²) in [6, 6.07) is 12.1. The molecule has 2 rings (SSSR count). The van der Waals surface area contributed by atoms with E-state index in [2.05, 4.69) is 15.9 Å². The lowest BCUT2D eigenvalue weighted by Gasteiger charge is -2.17. The van der Waals surface area contributed by atoms with Crippen LogP contribution in [-0.2, 0) is 13.1 Å². The fourth-order valence-electron chi connectivity index (χ4n) is 2.08. The first-order valence-electron chi connectivity index (χ1n) is 6.32. The Morgan fingerprint density at radius 1 is 1.19 bits per heavy atom. The van der Waals surface area contributed by atoms with Gasteiger partial charge in [0.05, 0.1) is 4.92 Å². The molecule has 0 aliphatic heterocycles. The van der Waals surface area contributed by atoms with Crippen LogP contribution in [-0.4, -0.2) is 16.9 Å². The van der Waals surface area contributed by atoms with Crippen LogP contribution in [0.3, 0.4) is 0 Å². The van der Waals surface area contributed by atoms with Gasteiger partial charge in [-0.3, -0.25) is 15.0 Å². The number of benzene rings is 2. The van der Waals surface area contributed by atoms with Gasteiger partial charge in [-0.1, -0.05) is 40.2 Å². The number of halogens is 2. The predicted octanol–water partition coefficient (Wildman–Crippen LogP) is 4.13. The predicted molar refractivity (Wildman–Crippen MR) is 82.4 cm³/mol. The van der Waals surface area contributed by atoms with Gasteiger partial charge in [-0.2, -0.15) is 4.39 Å². The number of rotatable bonds is 5. The Hall–Kier alpha value is -1.79. The van der Waals surface area contributed by atoms with Crippen molar-refractivity contribution in [2.24, 2.45) is 0 Å². The highest BCUT2D eigenvalue weighted by atomic mass is 79.9. The second-order valence-electron chi connectivity index (χ2n) is 4.81. The summed E-state index contributed by atoms with van der Waals surface area (Å²) in [7, 11) is 1.85. The fraction of sp³-hybridized carbons (Fsp3) is 0.200. The van der Waals surface area contributed by atoms with Gasteiger partial charge in [0.2, 0.25) is 5.82 Å². The molecule has 0 heterocycles. The smallest absolute Gasteiger partial charge is 0.298 e. The lowest BCUT2D eigenvalue weighted by atomic mass is 10.1. The zero-order chi connectivity index (χ0) is 15.4. The maximum atomic E-state index is 14.0. The SMILES string of the molecule is CN(Cc1ccc(Br)cc1)Cc1cccc([N+](=O)[O-])c1F. The summed E-state index contributed by atoms with van der Waals surface area (Å²) in [4.78, 5) is 11.9. The quantitative estimate of drug-likeness (QED) is 0.600. The summed E-state index contributed by atoms with van der Waals surface area (Å²) < 4.78 is 15.0. The molecule has 2 aromatic rings. The molecule has 0 bridgehead atoms. The van der Waals surface area contributed by atoms with Crippen LogP contribution in [0.4, 0.5) is 10.1 Å². The Kier molecular flexibility index (Phi) is 5.03. The number of nitro groups is 1. The van der Waals surface area contributed by atoms with E-state index in [1.165, 1.54) is 12.1 Å². The van der Waals surface area contributed by atoms with Gasteiger partial charge in [0, 0.05) is 29.2 Å². The Bertz CT molecular complexity index is 647. The molecule has 0 radical (unpaired) electrons. The first-order valence-corrected chi connectivity index (χ1v) is 7.11. The van der Waals surface area contributed by atoms with Gasteiger partial charge in [-0.25, -0.2) is 0 Å². The highest BCUT2D eigenvalue weighted by Gasteiger charge is 2.17. The van der Waals surface area contributed by atoms with E-state index in [0.717, 1.165) is 10.0 Å². The van der Waals surface area contributed by atoms with Crippen molar-refractivity contribution in [3.63, 3.8) is 0 Å². The van der Waals surface area contributed by atoms with E-state index in [-0.39, 0.29) is 0 Å². The van der Waals surface area contributed by atoms with Crippen LogP contribution in [0.2, 0.25) is 0 Å². The van der Waals surface area contributed by atoms with E-state index >= 15 is 0 Å². The molecular formula is C15H14BrFN2O2. The first kappa shape index (κ1) is 15.6. The van der Waals surface area contributed by atoms with E-state index in [1.807, 2.05) is 36.2 Å². The van der Waals surface area contributed by atoms with Gasteiger partial charge in [-0.05, 0) is 24.7 Å². The van der Waals surface area contributed by atoms with Crippen molar-refractivity contribution in [2.45, 2.75) is 13.1 Å². The summed E-state index contributed by atoms with van der Waals surface area (Å²) in [6.07, 6.45) is 0. The molecule has 0 aliphatic carbocycles. The van der Waals surface area contributed by atoms with Gasteiger partial charge >= 0.3 is 5.69 Å². The maximum Gasteiger partial charge on any atom is 0.305 e. The highest BCUT2D eigenvalue weighted by molar-refractivity contribution is 9.10. The second kappa shape index (κ2) is 6.78. The van der Waals surface area contributed by atoms with Crippen LogP contribution in [0.1, 0.15) is 11.1 Å². The average Bonchev–Trinajstić information content (AvgIpc) is 2.43. The fourth-order valence-corrected chi connectivity index (χ4v) is 2.34. The molecule has 0 spiro atoms. The molecule has 0 N–H and O–H groups in total. The van der Waals surface area contributed by atoms with Crippen LogP contribution in [0.15, 0.2) is 46.9 Å². The Morgan fingerprint density at radius 3 is 2.48 bits per heavy atom. The van der Waals surface area contributed by atoms with Crippen LogP contribution in [0, 0.1) is 15.9 Å². The second-order valence-corrected chi connectivity index (χ2v) is 5.72. The summed E-state index contributed by atoms with van der Waals surface area (Å²) in [5.74, 6) is -0.759. The van der Waals surface area contributed by atoms with Gasteiger partial charge in [0.15, 0.2) is 0 Å². The van der Waals surface area contributed by atoms with Gasteiger partial charge in [0.1, 0.15) is 0 Å². The third-order valence-electron chi connectivity index (χ3n) is 3.06. The lowest BCUT2D eigenvalue weighted by molar-refractivity contribution is -0.387. The largest absolute Gasteiger partial charge is 0.305 e. The van der Waals surface area contributed by atoms with Crippen molar-refractivity contribution < 1.29 is 9.31 Å². The van der Waals surface area contributed by atoms with E-state index in [9.17, 15) is 14.5 Å². The minimum absolute atomic E-state index is 0.309. The van der Waals surface area contributed by atoms with E-state index < -0.39 is 16.4 Å². The van der Waals surface area contributed by atoms with Crippen molar-refractivity contribution in [2.75, 3.05) is 7.05 Å². The lowest BCUT2D eigenvalue weighted by Crippen LogP contribution is -2.18. The first-order chi connectivity index (χ1) is 9.97. The molecule has 4 nitrogen and oxygen atoms in total. The Morgan fingerprint density at radius 2 is 1.86 bits per heavy atom. The third-order valence-corrected chi connectivity index (χ3v) is 3.59. The monoisotopic (exact) mass is 352 g/mol. The van der Waals surface area contributed by atoms with Gasteiger partial charge < -0.3 is 0 Å². The summed E-state index contributed by atoms with van der Waals surface area (Å²) >= 11 is 3.37. The molecule has 0 saturated heterocycles. The molecule has 2 aromatic carbocycles. The minimum atomic E-state index is -0.759. The minimum Gasteiger partial charge on any atom is -0.298 e. The molecule has 0 aromatic heterocycles. The van der Waals surface area contributed by atoms with E-state index in [0.29, 0.717) is 18.7 Å². The molecular weight excluding hydrogens is 339 g/mol. The third kappa shape index (κ3) is 4.09. The van der Waals surface area contributed by atoms with Crippen molar-refractivity contribution >= 4 is 21.6 Å². The number of nitrogens with zero attached hydrogens (tertiary/aromatic N) is 2. The molecule has 0 unspecified atom stereocenters. The molecule has 0 fully saturated rings.